The van der Waals surface area contributed by atoms with Gasteiger partial charge in [0.1, 0.15) is 0 Å². The van der Waals surface area contributed by atoms with Crippen molar-refractivity contribution in [2.75, 3.05) is 5.33 Å². The number of fused-ring (bicyclic) bond motifs is 1. The van der Waals surface area contributed by atoms with Crippen molar-refractivity contribution in [2.24, 2.45) is 0 Å². The Bertz CT molecular complexity index is 582. The molecule has 0 saturated carbocycles. The summed E-state index contributed by atoms with van der Waals surface area (Å²) in [7, 11) is 0. The third kappa shape index (κ3) is 2.87. The number of hydrogen-bond donors (Lipinski definition) is 0. The van der Waals surface area contributed by atoms with E-state index in [9.17, 15) is 4.79 Å². The molecule has 1 aromatic carbocycles. The molecule has 0 unspecified atom stereocenters. The van der Waals surface area contributed by atoms with E-state index in [1.54, 1.807) is 29.1 Å². The molecule has 0 amide bonds. The zero-order chi connectivity index (χ0) is 12.3. The molecule has 3 nitrogen and oxygen atoms in total. The summed E-state index contributed by atoms with van der Waals surface area (Å²) in [6.07, 6.45) is 3.60. The first kappa shape index (κ1) is 12.6. The van der Waals surface area contributed by atoms with Crippen LogP contribution in [0.2, 0.25) is 5.02 Å². The van der Waals surface area contributed by atoms with E-state index >= 15 is 0 Å². The number of aromatic nitrogens is 2. The van der Waals surface area contributed by atoms with Gasteiger partial charge in [-0.3, -0.25) is 9.36 Å². The molecule has 1 heterocycles. The lowest BCUT2D eigenvalue weighted by molar-refractivity contribution is 0.612. The predicted molar refractivity (Wildman–Crippen MR) is 74.0 cm³/mol. The Morgan fingerprint density at radius 3 is 2.94 bits per heavy atom. The van der Waals surface area contributed by atoms with Gasteiger partial charge >= 0.3 is 0 Å². The second-order valence-corrected chi connectivity index (χ2v) is 5.03. The van der Waals surface area contributed by atoms with Crippen molar-refractivity contribution < 1.29 is 0 Å². The molecular formula is C12H12BrClN2O. The number of benzene rings is 1. The lowest BCUT2D eigenvalue weighted by Crippen LogP contribution is -2.20. The molecule has 2 rings (SSSR count). The molecule has 0 atom stereocenters. The van der Waals surface area contributed by atoms with Crippen LogP contribution in [0.3, 0.4) is 0 Å². The molecule has 90 valence electrons. The Hall–Kier alpha value is -0.870. The number of unbranched alkanes of at least 4 members (excludes halogenated alkanes) is 1. The van der Waals surface area contributed by atoms with Crippen LogP contribution >= 0.6 is 27.5 Å². The molecule has 0 bridgehead atoms. The van der Waals surface area contributed by atoms with Crippen LogP contribution in [0.5, 0.6) is 0 Å². The number of nitrogens with zero attached hydrogens (tertiary/aromatic N) is 2. The molecule has 0 saturated heterocycles. The SMILES string of the molecule is O=c1c2ccc(Cl)cc2ncn1CCCCBr. The number of halogens is 2. The van der Waals surface area contributed by atoms with E-state index in [1.165, 1.54) is 0 Å². The highest BCUT2D eigenvalue weighted by Gasteiger charge is 2.04. The Kier molecular flexibility index (Phi) is 4.18. The van der Waals surface area contributed by atoms with Gasteiger partial charge in [0.2, 0.25) is 0 Å². The Morgan fingerprint density at radius 1 is 1.35 bits per heavy atom. The fourth-order valence-corrected chi connectivity index (χ4v) is 2.23. The molecule has 0 N–H and O–H groups in total. The van der Waals surface area contributed by atoms with E-state index in [0.29, 0.717) is 22.5 Å². The van der Waals surface area contributed by atoms with Crippen molar-refractivity contribution in [3.8, 4) is 0 Å². The predicted octanol–water partition coefficient (Wildman–Crippen LogP) is 3.23. The maximum absolute atomic E-state index is 12.1. The second-order valence-electron chi connectivity index (χ2n) is 3.80. The van der Waals surface area contributed by atoms with E-state index in [1.807, 2.05) is 0 Å². The van der Waals surface area contributed by atoms with E-state index in [4.69, 9.17) is 11.6 Å². The summed E-state index contributed by atoms with van der Waals surface area (Å²) < 4.78 is 1.65. The maximum Gasteiger partial charge on any atom is 0.261 e. The molecule has 2 aromatic rings. The first-order chi connectivity index (χ1) is 8.22. The number of alkyl halides is 1. The van der Waals surface area contributed by atoms with Crippen LogP contribution in [0.25, 0.3) is 10.9 Å². The number of hydrogen-bond acceptors (Lipinski definition) is 2. The summed E-state index contributed by atoms with van der Waals surface area (Å²) in [6.45, 7) is 0.704. The third-order valence-electron chi connectivity index (χ3n) is 2.57. The van der Waals surface area contributed by atoms with E-state index in [2.05, 4.69) is 20.9 Å². The van der Waals surface area contributed by atoms with Gasteiger partial charge in [-0.25, -0.2) is 4.98 Å². The number of aryl methyl sites for hydroxylation is 1. The molecule has 1 aromatic heterocycles. The molecule has 17 heavy (non-hydrogen) atoms. The molecule has 0 aliphatic rings. The van der Waals surface area contributed by atoms with Crippen molar-refractivity contribution in [3.05, 3.63) is 39.9 Å². The minimum atomic E-state index is 0.00115. The monoisotopic (exact) mass is 314 g/mol. The highest BCUT2D eigenvalue weighted by molar-refractivity contribution is 9.09. The van der Waals surface area contributed by atoms with Gasteiger partial charge in [0.05, 0.1) is 17.2 Å². The molecule has 0 radical (unpaired) electrons. The quantitative estimate of drug-likeness (QED) is 0.641. The molecule has 0 fully saturated rings. The van der Waals surface area contributed by atoms with E-state index in [-0.39, 0.29) is 5.56 Å². The van der Waals surface area contributed by atoms with Crippen LogP contribution in [0.1, 0.15) is 12.8 Å². The summed E-state index contributed by atoms with van der Waals surface area (Å²) in [5, 5.41) is 2.18. The van der Waals surface area contributed by atoms with Gasteiger partial charge in [-0.2, -0.15) is 0 Å². The summed E-state index contributed by atoms with van der Waals surface area (Å²) in [5.74, 6) is 0. The second kappa shape index (κ2) is 5.65. The van der Waals surface area contributed by atoms with Crippen molar-refractivity contribution in [3.63, 3.8) is 0 Å². The van der Waals surface area contributed by atoms with Gasteiger partial charge in [-0.15, -0.1) is 0 Å². The summed E-state index contributed by atoms with van der Waals surface area (Å²) in [5.41, 5.74) is 0.653. The third-order valence-corrected chi connectivity index (χ3v) is 3.37. The normalized spacial score (nSPS) is 10.9. The largest absolute Gasteiger partial charge is 0.299 e. The van der Waals surface area contributed by atoms with Crippen molar-refractivity contribution >= 4 is 38.4 Å². The van der Waals surface area contributed by atoms with Crippen molar-refractivity contribution in [2.45, 2.75) is 19.4 Å². The van der Waals surface area contributed by atoms with Crippen LogP contribution in [0, 0.1) is 0 Å². The summed E-state index contributed by atoms with van der Waals surface area (Å²) in [4.78, 5) is 16.4. The number of rotatable bonds is 4. The lowest BCUT2D eigenvalue weighted by atomic mass is 10.2. The zero-order valence-electron chi connectivity index (χ0n) is 9.20. The minimum absolute atomic E-state index is 0.00115. The van der Waals surface area contributed by atoms with Crippen molar-refractivity contribution in [1.29, 1.82) is 0 Å². The Labute approximate surface area is 113 Å². The fourth-order valence-electron chi connectivity index (χ4n) is 1.67. The smallest absolute Gasteiger partial charge is 0.261 e. The molecule has 0 aliphatic carbocycles. The van der Waals surface area contributed by atoms with E-state index < -0.39 is 0 Å². The minimum Gasteiger partial charge on any atom is -0.299 e. The van der Waals surface area contributed by atoms with Gasteiger partial charge in [0, 0.05) is 16.9 Å². The average molecular weight is 316 g/mol. The van der Waals surface area contributed by atoms with Crippen LogP contribution in [-0.4, -0.2) is 14.9 Å². The van der Waals surface area contributed by atoms with Crippen LogP contribution < -0.4 is 5.56 Å². The molecule has 0 aliphatic heterocycles. The van der Waals surface area contributed by atoms with Crippen LogP contribution in [0.15, 0.2) is 29.3 Å². The van der Waals surface area contributed by atoms with Gasteiger partial charge < -0.3 is 0 Å². The highest BCUT2D eigenvalue weighted by Crippen LogP contribution is 2.14. The van der Waals surface area contributed by atoms with Crippen molar-refractivity contribution in [1.82, 2.24) is 9.55 Å². The summed E-state index contributed by atoms with van der Waals surface area (Å²) in [6, 6.07) is 5.16. The Morgan fingerprint density at radius 2 is 2.18 bits per heavy atom. The van der Waals surface area contributed by atoms with Gasteiger partial charge in [0.25, 0.3) is 5.56 Å². The topological polar surface area (TPSA) is 34.9 Å². The van der Waals surface area contributed by atoms with Gasteiger partial charge in [-0.1, -0.05) is 27.5 Å². The molecule has 0 spiro atoms. The Balaban J connectivity index is 2.37. The van der Waals surface area contributed by atoms with Crippen LogP contribution in [-0.2, 0) is 6.54 Å². The van der Waals surface area contributed by atoms with Crippen LogP contribution in [0.4, 0.5) is 0 Å². The summed E-state index contributed by atoms with van der Waals surface area (Å²) >= 11 is 9.23. The van der Waals surface area contributed by atoms with Gasteiger partial charge in [-0.05, 0) is 31.0 Å². The van der Waals surface area contributed by atoms with Gasteiger partial charge in [0.15, 0.2) is 0 Å². The fraction of sp³-hybridized carbons (Fsp3) is 0.333. The van der Waals surface area contributed by atoms with E-state index in [0.717, 1.165) is 18.2 Å². The molecule has 5 heteroatoms. The standard InChI is InChI=1S/C12H12BrClN2O/c13-5-1-2-6-16-8-15-11-7-9(14)3-4-10(11)12(16)17/h3-4,7-8H,1-2,5-6H2. The first-order valence-electron chi connectivity index (χ1n) is 5.43. The zero-order valence-corrected chi connectivity index (χ0v) is 11.5. The lowest BCUT2D eigenvalue weighted by Gasteiger charge is -2.05. The first-order valence-corrected chi connectivity index (χ1v) is 6.93. The molecular weight excluding hydrogens is 304 g/mol. The highest BCUT2D eigenvalue weighted by atomic mass is 79.9. The average Bonchev–Trinajstić information content (AvgIpc) is 2.32. The maximum atomic E-state index is 12.1.